The number of aromatic nitrogens is 4. The SMILES string of the molecule is Cc1cc(-n2c3c(C)c(C)c(C)c(C)c3c3c(C)c(C)c(C)c(C)c32)ccc1-c1nc(-c2ccccc2)nc(-c2ccccc2)n1. The highest BCUT2D eigenvalue weighted by Gasteiger charge is 2.24. The molecule has 0 saturated heterocycles. The highest BCUT2D eigenvalue weighted by atomic mass is 15.0. The van der Waals surface area contributed by atoms with Crippen LogP contribution in [0.1, 0.15) is 50.1 Å². The Morgan fingerprint density at radius 2 is 0.826 bits per heavy atom. The summed E-state index contributed by atoms with van der Waals surface area (Å²) in [5.74, 6) is 2.02. The predicted octanol–water partition coefficient (Wildman–Crippen LogP) is 10.7. The Kier molecular flexibility index (Phi) is 7.12. The maximum absolute atomic E-state index is 5.02. The second-order valence-electron chi connectivity index (χ2n) is 12.8. The van der Waals surface area contributed by atoms with Gasteiger partial charge in [0.15, 0.2) is 17.5 Å². The lowest BCUT2D eigenvalue weighted by Crippen LogP contribution is -2.03. The van der Waals surface area contributed by atoms with E-state index in [2.05, 4.69) is 85.1 Å². The summed E-state index contributed by atoms with van der Waals surface area (Å²) in [6.45, 7) is 20.4. The van der Waals surface area contributed by atoms with E-state index in [1.165, 1.54) is 66.3 Å². The average molecular weight is 601 g/mol. The highest BCUT2D eigenvalue weighted by Crippen LogP contribution is 2.43. The fraction of sp³-hybridized carbons (Fsp3) is 0.214. The van der Waals surface area contributed by atoms with Crippen LogP contribution < -0.4 is 0 Å². The van der Waals surface area contributed by atoms with Crippen molar-refractivity contribution in [3.8, 4) is 39.9 Å². The monoisotopic (exact) mass is 600 g/mol. The fourth-order valence-corrected chi connectivity index (χ4v) is 7.09. The van der Waals surface area contributed by atoms with Gasteiger partial charge < -0.3 is 4.57 Å². The molecule has 2 aromatic heterocycles. The first kappa shape index (κ1) is 29.6. The predicted molar refractivity (Wildman–Crippen MR) is 193 cm³/mol. The van der Waals surface area contributed by atoms with E-state index in [0.717, 1.165) is 27.9 Å². The number of rotatable bonds is 4. The number of hydrogen-bond donors (Lipinski definition) is 0. The van der Waals surface area contributed by atoms with Gasteiger partial charge in [-0.25, -0.2) is 15.0 Å². The molecular weight excluding hydrogens is 560 g/mol. The minimum absolute atomic E-state index is 0.671. The van der Waals surface area contributed by atoms with Crippen LogP contribution in [0.5, 0.6) is 0 Å². The maximum Gasteiger partial charge on any atom is 0.164 e. The molecule has 4 heteroatoms. The van der Waals surface area contributed by atoms with E-state index in [1.54, 1.807) is 0 Å². The van der Waals surface area contributed by atoms with Crippen LogP contribution in [0.2, 0.25) is 0 Å². The lowest BCUT2D eigenvalue weighted by molar-refractivity contribution is 1.07. The molecule has 0 radical (unpaired) electrons. The van der Waals surface area contributed by atoms with Gasteiger partial charge in [-0.05, 0) is 131 Å². The Bertz CT molecular complexity index is 2190. The van der Waals surface area contributed by atoms with Gasteiger partial charge in [0.2, 0.25) is 0 Å². The molecule has 0 fully saturated rings. The van der Waals surface area contributed by atoms with E-state index in [4.69, 9.17) is 15.0 Å². The van der Waals surface area contributed by atoms with Crippen LogP contribution in [0.3, 0.4) is 0 Å². The van der Waals surface area contributed by atoms with Crippen molar-refractivity contribution in [2.45, 2.75) is 62.3 Å². The smallest absolute Gasteiger partial charge is 0.164 e. The van der Waals surface area contributed by atoms with Crippen molar-refractivity contribution in [3.63, 3.8) is 0 Å². The molecule has 228 valence electrons. The van der Waals surface area contributed by atoms with Crippen LogP contribution in [0.15, 0.2) is 78.9 Å². The van der Waals surface area contributed by atoms with Crippen LogP contribution in [0, 0.1) is 62.3 Å². The zero-order valence-electron chi connectivity index (χ0n) is 28.3. The summed E-state index contributed by atoms with van der Waals surface area (Å²) in [7, 11) is 0. The summed E-state index contributed by atoms with van der Waals surface area (Å²) in [5.41, 5.74) is 18.7. The molecule has 0 aliphatic heterocycles. The molecule has 0 saturated carbocycles. The third-order valence-corrected chi connectivity index (χ3v) is 10.4. The molecule has 0 atom stereocenters. The number of nitrogens with zero attached hydrogens (tertiary/aromatic N) is 4. The van der Waals surface area contributed by atoms with E-state index in [0.29, 0.717) is 17.5 Å². The van der Waals surface area contributed by atoms with Crippen LogP contribution >= 0.6 is 0 Å². The first-order chi connectivity index (χ1) is 22.1. The molecule has 2 heterocycles. The molecule has 7 rings (SSSR count). The molecule has 0 N–H and O–H groups in total. The van der Waals surface area contributed by atoms with Gasteiger partial charge in [-0.2, -0.15) is 0 Å². The van der Waals surface area contributed by atoms with Crippen LogP contribution in [0.25, 0.3) is 61.7 Å². The summed E-state index contributed by atoms with van der Waals surface area (Å²) >= 11 is 0. The van der Waals surface area contributed by atoms with Crippen molar-refractivity contribution in [1.82, 2.24) is 19.5 Å². The Balaban J connectivity index is 1.50. The quantitative estimate of drug-likeness (QED) is 0.202. The standard InChI is InChI=1S/C42H40N4/c1-23-22-34(46-38-30(8)26(4)24(2)28(6)36(38)37-29(7)25(3)27(5)31(9)39(37)46)20-21-35(23)42-44-40(32-16-12-10-13-17-32)43-41(45-42)33-18-14-11-15-19-33/h10-22H,1-9H3. The molecule has 4 nitrogen and oxygen atoms in total. The molecule has 0 bridgehead atoms. The lowest BCUT2D eigenvalue weighted by Gasteiger charge is -2.17. The number of hydrogen-bond acceptors (Lipinski definition) is 3. The summed E-state index contributed by atoms with van der Waals surface area (Å²) in [6.07, 6.45) is 0. The molecule has 5 aromatic carbocycles. The highest BCUT2D eigenvalue weighted by molar-refractivity contribution is 6.15. The Morgan fingerprint density at radius 3 is 1.26 bits per heavy atom. The third kappa shape index (κ3) is 4.47. The zero-order valence-corrected chi connectivity index (χ0v) is 28.3. The molecule has 0 spiro atoms. The van der Waals surface area contributed by atoms with Crippen molar-refractivity contribution < 1.29 is 0 Å². The summed E-state index contributed by atoms with van der Waals surface area (Å²) < 4.78 is 2.52. The normalized spacial score (nSPS) is 11.6. The molecule has 0 aliphatic carbocycles. The summed E-state index contributed by atoms with van der Waals surface area (Å²) in [5, 5.41) is 2.75. The van der Waals surface area contributed by atoms with Crippen LogP contribution in [-0.4, -0.2) is 19.5 Å². The molecule has 0 amide bonds. The second-order valence-corrected chi connectivity index (χ2v) is 12.8. The molecule has 46 heavy (non-hydrogen) atoms. The summed E-state index contributed by atoms with van der Waals surface area (Å²) in [6, 6.07) is 27.0. The second kappa shape index (κ2) is 11.1. The van der Waals surface area contributed by atoms with E-state index >= 15 is 0 Å². The van der Waals surface area contributed by atoms with E-state index in [-0.39, 0.29) is 0 Å². The number of fused-ring (bicyclic) bond motifs is 3. The van der Waals surface area contributed by atoms with Gasteiger partial charge in [0, 0.05) is 33.2 Å². The summed E-state index contributed by atoms with van der Waals surface area (Å²) in [4.78, 5) is 14.9. The van der Waals surface area contributed by atoms with Gasteiger partial charge in [0.25, 0.3) is 0 Å². The van der Waals surface area contributed by atoms with Gasteiger partial charge in [-0.15, -0.1) is 0 Å². The minimum atomic E-state index is 0.671. The first-order valence-corrected chi connectivity index (χ1v) is 16.1. The van der Waals surface area contributed by atoms with Gasteiger partial charge >= 0.3 is 0 Å². The van der Waals surface area contributed by atoms with Gasteiger partial charge in [0.1, 0.15) is 0 Å². The van der Waals surface area contributed by atoms with Crippen molar-refractivity contribution in [2.75, 3.05) is 0 Å². The van der Waals surface area contributed by atoms with Crippen molar-refractivity contribution in [3.05, 3.63) is 129 Å². The average Bonchev–Trinajstić information content (AvgIpc) is 3.45. The van der Waals surface area contributed by atoms with Gasteiger partial charge in [0.05, 0.1) is 11.0 Å². The zero-order chi connectivity index (χ0) is 32.4. The molecule has 0 aliphatic rings. The first-order valence-electron chi connectivity index (χ1n) is 16.1. The van der Waals surface area contributed by atoms with Gasteiger partial charge in [-0.3, -0.25) is 0 Å². The molecular formula is C42H40N4. The number of benzene rings is 5. The molecule has 7 aromatic rings. The topological polar surface area (TPSA) is 43.6 Å². The van der Waals surface area contributed by atoms with Crippen molar-refractivity contribution in [1.29, 1.82) is 0 Å². The fourth-order valence-electron chi connectivity index (χ4n) is 7.09. The minimum Gasteiger partial charge on any atom is -0.309 e. The molecule has 0 unspecified atom stereocenters. The third-order valence-electron chi connectivity index (χ3n) is 10.4. The maximum atomic E-state index is 5.02. The Hall–Kier alpha value is -5.09. The van der Waals surface area contributed by atoms with Crippen molar-refractivity contribution >= 4 is 21.8 Å². The van der Waals surface area contributed by atoms with Gasteiger partial charge in [-0.1, -0.05) is 60.7 Å². The Labute approximate surface area is 271 Å². The Morgan fingerprint density at radius 1 is 0.413 bits per heavy atom. The van der Waals surface area contributed by atoms with Crippen LogP contribution in [-0.2, 0) is 0 Å². The number of aryl methyl sites for hydroxylation is 5. The lowest BCUT2D eigenvalue weighted by atomic mass is 9.90. The largest absolute Gasteiger partial charge is 0.309 e. The van der Waals surface area contributed by atoms with E-state index in [9.17, 15) is 0 Å². The van der Waals surface area contributed by atoms with E-state index in [1.807, 2.05) is 60.7 Å². The van der Waals surface area contributed by atoms with E-state index < -0.39 is 0 Å². The van der Waals surface area contributed by atoms with Crippen LogP contribution in [0.4, 0.5) is 0 Å². The van der Waals surface area contributed by atoms with Crippen molar-refractivity contribution in [2.24, 2.45) is 0 Å².